The van der Waals surface area contributed by atoms with Crippen molar-refractivity contribution in [3.05, 3.63) is 12.2 Å². The molecule has 48 valence electrons. The SMILES string of the molecule is CC(C)C=CC(C)O. The van der Waals surface area contributed by atoms with Crippen molar-refractivity contribution in [2.75, 3.05) is 0 Å². The first-order valence-corrected chi connectivity index (χ1v) is 2.99. The summed E-state index contributed by atoms with van der Waals surface area (Å²) in [7, 11) is 0. The zero-order chi connectivity index (χ0) is 6.57. The average molecular weight is 114 g/mol. The molecule has 8 heavy (non-hydrogen) atoms. The van der Waals surface area contributed by atoms with E-state index in [1.165, 1.54) is 0 Å². The van der Waals surface area contributed by atoms with Gasteiger partial charge >= 0.3 is 0 Å². The van der Waals surface area contributed by atoms with Crippen LogP contribution in [-0.2, 0) is 0 Å². The van der Waals surface area contributed by atoms with Gasteiger partial charge < -0.3 is 5.11 Å². The van der Waals surface area contributed by atoms with E-state index in [2.05, 4.69) is 13.8 Å². The van der Waals surface area contributed by atoms with Crippen molar-refractivity contribution in [2.24, 2.45) is 5.92 Å². The lowest BCUT2D eigenvalue weighted by Crippen LogP contribution is -1.92. The van der Waals surface area contributed by atoms with Crippen molar-refractivity contribution in [1.82, 2.24) is 0 Å². The van der Waals surface area contributed by atoms with Gasteiger partial charge in [0.05, 0.1) is 6.10 Å². The second kappa shape index (κ2) is 3.67. The summed E-state index contributed by atoms with van der Waals surface area (Å²) < 4.78 is 0. The van der Waals surface area contributed by atoms with Gasteiger partial charge in [-0.1, -0.05) is 26.0 Å². The number of allylic oxidation sites excluding steroid dienone is 1. The van der Waals surface area contributed by atoms with E-state index in [0.717, 1.165) is 0 Å². The predicted molar refractivity (Wildman–Crippen MR) is 35.7 cm³/mol. The van der Waals surface area contributed by atoms with Gasteiger partial charge in [0, 0.05) is 0 Å². The van der Waals surface area contributed by atoms with Crippen LogP contribution in [0.5, 0.6) is 0 Å². The summed E-state index contributed by atoms with van der Waals surface area (Å²) in [6.45, 7) is 5.91. The third-order valence-corrected chi connectivity index (χ3v) is 0.775. The first kappa shape index (κ1) is 7.70. The molecule has 0 spiro atoms. The molecule has 0 bridgehead atoms. The van der Waals surface area contributed by atoms with E-state index in [1.807, 2.05) is 6.08 Å². The van der Waals surface area contributed by atoms with E-state index in [4.69, 9.17) is 5.11 Å². The van der Waals surface area contributed by atoms with E-state index >= 15 is 0 Å². The quantitative estimate of drug-likeness (QED) is 0.540. The first-order valence-electron chi connectivity index (χ1n) is 2.99. The maximum absolute atomic E-state index is 8.71. The van der Waals surface area contributed by atoms with Crippen molar-refractivity contribution in [1.29, 1.82) is 0 Å². The lowest BCUT2D eigenvalue weighted by Gasteiger charge is -1.95. The molecule has 1 N–H and O–H groups in total. The molecule has 0 saturated carbocycles. The third-order valence-electron chi connectivity index (χ3n) is 0.775. The third kappa shape index (κ3) is 5.70. The lowest BCUT2D eigenvalue weighted by atomic mass is 10.2. The van der Waals surface area contributed by atoms with Crippen LogP contribution in [0.1, 0.15) is 20.8 Å². The molecule has 0 rings (SSSR count). The van der Waals surface area contributed by atoms with Gasteiger partial charge in [-0.25, -0.2) is 0 Å². The summed E-state index contributed by atoms with van der Waals surface area (Å²) in [5, 5.41) is 8.71. The van der Waals surface area contributed by atoms with Crippen LogP contribution < -0.4 is 0 Å². The molecule has 0 aliphatic heterocycles. The zero-order valence-corrected chi connectivity index (χ0v) is 5.76. The Balaban J connectivity index is 3.34. The van der Waals surface area contributed by atoms with Crippen LogP contribution in [0.15, 0.2) is 12.2 Å². The minimum absolute atomic E-state index is 0.294. The Morgan fingerprint density at radius 1 is 1.12 bits per heavy atom. The van der Waals surface area contributed by atoms with Crippen molar-refractivity contribution in [3.8, 4) is 0 Å². The molecule has 0 aromatic rings. The Bertz CT molecular complexity index is 62.5. The zero-order valence-electron chi connectivity index (χ0n) is 5.76. The Morgan fingerprint density at radius 2 is 1.62 bits per heavy atom. The van der Waals surface area contributed by atoms with E-state index < -0.39 is 0 Å². The van der Waals surface area contributed by atoms with Crippen molar-refractivity contribution >= 4 is 0 Å². The van der Waals surface area contributed by atoms with E-state index in [9.17, 15) is 0 Å². The van der Waals surface area contributed by atoms with Crippen LogP contribution in [0, 0.1) is 5.92 Å². The molecule has 0 saturated heterocycles. The molecule has 0 aliphatic rings. The number of hydrogen-bond donors (Lipinski definition) is 1. The van der Waals surface area contributed by atoms with E-state index in [0.29, 0.717) is 5.92 Å². The summed E-state index contributed by atoms with van der Waals surface area (Å²) in [5.74, 6) is 0.546. The fourth-order valence-electron chi connectivity index (χ4n) is 0.383. The molecule has 0 aromatic carbocycles. The van der Waals surface area contributed by atoms with Crippen LogP contribution in [-0.4, -0.2) is 11.2 Å². The lowest BCUT2D eigenvalue weighted by molar-refractivity contribution is 0.243. The molecule has 1 atom stereocenters. The van der Waals surface area contributed by atoms with Gasteiger partial charge in [-0.05, 0) is 12.8 Å². The van der Waals surface area contributed by atoms with Crippen molar-refractivity contribution in [3.63, 3.8) is 0 Å². The van der Waals surface area contributed by atoms with Gasteiger partial charge in [-0.3, -0.25) is 0 Å². The standard InChI is InChI=1S/C7H14O/c1-6(2)4-5-7(3)8/h4-8H,1-3H3. The van der Waals surface area contributed by atoms with E-state index in [-0.39, 0.29) is 6.10 Å². The van der Waals surface area contributed by atoms with Crippen LogP contribution in [0.2, 0.25) is 0 Å². The highest BCUT2D eigenvalue weighted by atomic mass is 16.3. The topological polar surface area (TPSA) is 20.2 Å². The molecule has 0 amide bonds. The summed E-state index contributed by atoms with van der Waals surface area (Å²) in [6, 6.07) is 0. The smallest absolute Gasteiger partial charge is 0.0692 e. The van der Waals surface area contributed by atoms with Crippen LogP contribution >= 0.6 is 0 Å². The number of aliphatic hydroxyl groups excluding tert-OH is 1. The maximum Gasteiger partial charge on any atom is 0.0692 e. The van der Waals surface area contributed by atoms with Crippen molar-refractivity contribution < 1.29 is 5.11 Å². The fourth-order valence-corrected chi connectivity index (χ4v) is 0.383. The van der Waals surface area contributed by atoms with Gasteiger partial charge in [0.2, 0.25) is 0 Å². The minimum Gasteiger partial charge on any atom is -0.389 e. The van der Waals surface area contributed by atoms with Gasteiger partial charge in [0.1, 0.15) is 0 Å². The Hall–Kier alpha value is -0.300. The molecular weight excluding hydrogens is 100 g/mol. The molecule has 0 fully saturated rings. The summed E-state index contributed by atoms with van der Waals surface area (Å²) >= 11 is 0. The van der Waals surface area contributed by atoms with Crippen molar-refractivity contribution in [2.45, 2.75) is 26.9 Å². The molecular formula is C7H14O. The number of aliphatic hydroxyl groups is 1. The highest BCUT2D eigenvalue weighted by Gasteiger charge is 1.86. The molecule has 1 heteroatoms. The fraction of sp³-hybridized carbons (Fsp3) is 0.714. The molecule has 0 aromatic heterocycles. The van der Waals surface area contributed by atoms with Crippen LogP contribution in [0.25, 0.3) is 0 Å². The average Bonchev–Trinajstić information content (AvgIpc) is 1.61. The molecule has 0 heterocycles. The minimum atomic E-state index is -0.294. The van der Waals surface area contributed by atoms with Gasteiger partial charge in [0.15, 0.2) is 0 Å². The first-order chi connectivity index (χ1) is 3.63. The maximum atomic E-state index is 8.71. The van der Waals surface area contributed by atoms with Gasteiger partial charge in [-0.2, -0.15) is 0 Å². The Kier molecular flexibility index (Phi) is 3.53. The monoisotopic (exact) mass is 114 g/mol. The van der Waals surface area contributed by atoms with Crippen LogP contribution in [0.3, 0.4) is 0 Å². The second-order valence-electron chi connectivity index (χ2n) is 2.37. The normalized spacial score (nSPS) is 15.6. The molecule has 0 radical (unpaired) electrons. The predicted octanol–water partition coefficient (Wildman–Crippen LogP) is 1.58. The Morgan fingerprint density at radius 3 is 1.75 bits per heavy atom. The van der Waals surface area contributed by atoms with Gasteiger partial charge in [-0.15, -0.1) is 0 Å². The largest absolute Gasteiger partial charge is 0.389 e. The molecule has 0 aliphatic carbocycles. The number of rotatable bonds is 2. The number of hydrogen-bond acceptors (Lipinski definition) is 1. The van der Waals surface area contributed by atoms with Gasteiger partial charge in [0.25, 0.3) is 0 Å². The highest BCUT2D eigenvalue weighted by molar-refractivity contribution is 4.88. The van der Waals surface area contributed by atoms with Crippen LogP contribution in [0.4, 0.5) is 0 Å². The summed E-state index contributed by atoms with van der Waals surface area (Å²) in [4.78, 5) is 0. The second-order valence-corrected chi connectivity index (χ2v) is 2.37. The summed E-state index contributed by atoms with van der Waals surface area (Å²) in [5.41, 5.74) is 0. The van der Waals surface area contributed by atoms with E-state index in [1.54, 1.807) is 13.0 Å². The Labute approximate surface area is 51.0 Å². The highest BCUT2D eigenvalue weighted by Crippen LogP contribution is 1.94. The molecule has 1 nitrogen and oxygen atoms in total. The summed E-state index contributed by atoms with van der Waals surface area (Å²) in [6.07, 6.45) is 3.49. The molecule has 1 unspecified atom stereocenters.